The topological polar surface area (TPSA) is 57.7 Å². The Hall–Kier alpha value is -2.83. The third-order valence-electron chi connectivity index (χ3n) is 5.16. The van der Waals surface area contributed by atoms with Crippen LogP contribution in [0, 0.1) is 6.92 Å². The van der Waals surface area contributed by atoms with Crippen LogP contribution in [0.3, 0.4) is 0 Å². The van der Waals surface area contributed by atoms with Crippen LogP contribution in [0.1, 0.15) is 11.1 Å². The SMILES string of the molecule is Cc1cccc(N(CC(=O)N2CCc3ccccc32)S(=O)(=O)c2ccc(Cl)cc2)c1. The lowest BCUT2D eigenvalue weighted by atomic mass is 10.2. The zero-order chi connectivity index (χ0) is 21.3. The van der Waals surface area contributed by atoms with Crippen LogP contribution in [0.4, 0.5) is 11.4 Å². The summed E-state index contributed by atoms with van der Waals surface area (Å²) in [7, 11) is -3.96. The molecule has 0 saturated carbocycles. The number of hydrogen-bond acceptors (Lipinski definition) is 3. The summed E-state index contributed by atoms with van der Waals surface area (Å²) in [5, 5.41) is 0.445. The van der Waals surface area contributed by atoms with Gasteiger partial charge in [0.1, 0.15) is 6.54 Å². The van der Waals surface area contributed by atoms with Crippen molar-refractivity contribution in [2.24, 2.45) is 0 Å². The highest BCUT2D eigenvalue weighted by molar-refractivity contribution is 7.92. The molecule has 4 rings (SSSR count). The highest BCUT2D eigenvalue weighted by Gasteiger charge is 2.31. The van der Waals surface area contributed by atoms with Gasteiger partial charge >= 0.3 is 0 Å². The van der Waals surface area contributed by atoms with Gasteiger partial charge in [0.15, 0.2) is 0 Å². The first-order valence-electron chi connectivity index (χ1n) is 9.59. The maximum absolute atomic E-state index is 13.5. The van der Waals surface area contributed by atoms with Crippen molar-refractivity contribution in [3.05, 3.63) is 88.9 Å². The molecular weight excluding hydrogens is 420 g/mol. The molecule has 3 aromatic carbocycles. The normalized spacial score (nSPS) is 13.2. The van der Waals surface area contributed by atoms with Crippen molar-refractivity contribution in [2.75, 3.05) is 22.3 Å². The molecular formula is C23H21ClN2O3S. The summed E-state index contributed by atoms with van der Waals surface area (Å²) in [5.74, 6) is -0.265. The van der Waals surface area contributed by atoms with Crippen LogP contribution < -0.4 is 9.21 Å². The number of benzene rings is 3. The highest BCUT2D eigenvalue weighted by Crippen LogP contribution is 2.30. The van der Waals surface area contributed by atoms with Crippen LogP contribution in [0.5, 0.6) is 0 Å². The fourth-order valence-electron chi connectivity index (χ4n) is 3.64. The lowest BCUT2D eigenvalue weighted by Crippen LogP contribution is -2.42. The molecule has 30 heavy (non-hydrogen) atoms. The highest BCUT2D eigenvalue weighted by atomic mass is 35.5. The number of anilines is 2. The molecule has 0 saturated heterocycles. The van der Waals surface area contributed by atoms with Crippen molar-refractivity contribution in [2.45, 2.75) is 18.2 Å². The number of rotatable bonds is 5. The Balaban J connectivity index is 1.71. The average Bonchev–Trinajstić information content (AvgIpc) is 3.16. The molecule has 0 unspecified atom stereocenters. The number of nitrogens with zero attached hydrogens (tertiary/aromatic N) is 2. The Morgan fingerprint density at radius 2 is 1.77 bits per heavy atom. The van der Waals surface area contributed by atoms with Crippen LogP contribution in [-0.4, -0.2) is 27.4 Å². The first-order valence-corrected chi connectivity index (χ1v) is 11.4. The number of carbonyl (C=O) groups excluding carboxylic acids is 1. The van der Waals surface area contributed by atoms with Crippen LogP contribution in [-0.2, 0) is 21.2 Å². The van der Waals surface area contributed by atoms with Gasteiger partial charge in [0, 0.05) is 17.3 Å². The van der Waals surface area contributed by atoms with Crippen molar-refractivity contribution < 1.29 is 13.2 Å². The summed E-state index contributed by atoms with van der Waals surface area (Å²) in [5.41, 5.74) is 3.29. The Morgan fingerprint density at radius 1 is 1.03 bits per heavy atom. The Labute approximate surface area is 181 Å². The molecule has 3 aromatic rings. The van der Waals surface area contributed by atoms with Gasteiger partial charge in [-0.25, -0.2) is 8.42 Å². The first kappa shape index (κ1) is 20.4. The molecule has 1 aliphatic heterocycles. The monoisotopic (exact) mass is 440 g/mol. The number of sulfonamides is 1. The standard InChI is InChI=1S/C23H21ClN2O3S/c1-17-5-4-7-20(15-17)26(30(28,29)21-11-9-19(24)10-12-21)16-23(27)25-14-13-18-6-2-3-8-22(18)25/h2-12,15H,13-14,16H2,1H3. The second-order valence-corrected chi connectivity index (χ2v) is 9.53. The molecule has 1 aliphatic rings. The molecule has 7 heteroatoms. The molecule has 0 bridgehead atoms. The van der Waals surface area contributed by atoms with E-state index < -0.39 is 10.0 Å². The Kier molecular flexibility index (Phi) is 5.54. The summed E-state index contributed by atoms with van der Waals surface area (Å²) in [4.78, 5) is 15.0. The summed E-state index contributed by atoms with van der Waals surface area (Å²) in [6.07, 6.45) is 0.760. The zero-order valence-electron chi connectivity index (χ0n) is 16.5. The molecule has 154 valence electrons. The maximum atomic E-state index is 13.5. The van der Waals surface area contributed by atoms with E-state index in [-0.39, 0.29) is 17.3 Å². The predicted octanol–water partition coefficient (Wildman–Crippen LogP) is 4.43. The second kappa shape index (κ2) is 8.13. The number of hydrogen-bond donors (Lipinski definition) is 0. The minimum Gasteiger partial charge on any atom is -0.310 e. The van der Waals surface area contributed by atoms with Gasteiger partial charge in [0.2, 0.25) is 5.91 Å². The van der Waals surface area contributed by atoms with Gasteiger partial charge in [-0.15, -0.1) is 0 Å². The van der Waals surface area contributed by atoms with Crippen molar-refractivity contribution in [1.29, 1.82) is 0 Å². The van der Waals surface area contributed by atoms with Gasteiger partial charge < -0.3 is 4.90 Å². The zero-order valence-corrected chi connectivity index (χ0v) is 18.0. The largest absolute Gasteiger partial charge is 0.310 e. The molecule has 0 spiro atoms. The molecule has 0 N–H and O–H groups in total. The smallest absolute Gasteiger partial charge is 0.264 e. The van der Waals surface area contributed by atoms with E-state index in [0.29, 0.717) is 17.3 Å². The van der Waals surface area contributed by atoms with Gasteiger partial charge in [-0.3, -0.25) is 9.10 Å². The van der Waals surface area contributed by atoms with E-state index in [4.69, 9.17) is 11.6 Å². The third kappa shape index (κ3) is 3.93. The van der Waals surface area contributed by atoms with Gasteiger partial charge in [-0.05, 0) is 66.9 Å². The van der Waals surface area contributed by atoms with E-state index >= 15 is 0 Å². The van der Waals surface area contributed by atoms with Gasteiger partial charge in [-0.1, -0.05) is 41.9 Å². The average molecular weight is 441 g/mol. The van der Waals surface area contributed by atoms with E-state index in [9.17, 15) is 13.2 Å². The van der Waals surface area contributed by atoms with Gasteiger partial charge in [0.25, 0.3) is 10.0 Å². The number of aryl methyl sites for hydroxylation is 1. The van der Waals surface area contributed by atoms with Crippen molar-refractivity contribution >= 4 is 38.9 Å². The first-order chi connectivity index (χ1) is 14.4. The van der Waals surface area contributed by atoms with Gasteiger partial charge in [0.05, 0.1) is 10.6 Å². The molecule has 0 aliphatic carbocycles. The van der Waals surface area contributed by atoms with E-state index in [1.54, 1.807) is 23.1 Å². The van der Waals surface area contributed by atoms with Crippen LogP contribution >= 0.6 is 11.6 Å². The van der Waals surface area contributed by atoms with E-state index in [1.165, 1.54) is 28.6 Å². The fourth-order valence-corrected chi connectivity index (χ4v) is 5.17. The molecule has 0 atom stereocenters. The quantitative estimate of drug-likeness (QED) is 0.589. The summed E-state index contributed by atoms with van der Waals surface area (Å²) >= 11 is 5.93. The van der Waals surface area contributed by atoms with E-state index in [1.807, 2.05) is 37.3 Å². The van der Waals surface area contributed by atoms with Crippen LogP contribution in [0.2, 0.25) is 5.02 Å². The number of fused-ring (bicyclic) bond motifs is 1. The van der Waals surface area contributed by atoms with Crippen LogP contribution in [0.25, 0.3) is 0 Å². The number of para-hydroxylation sites is 1. The molecule has 0 aromatic heterocycles. The lowest BCUT2D eigenvalue weighted by molar-refractivity contribution is -0.117. The van der Waals surface area contributed by atoms with Gasteiger partial charge in [-0.2, -0.15) is 0 Å². The summed E-state index contributed by atoms with van der Waals surface area (Å²) in [6, 6.07) is 20.8. The molecule has 5 nitrogen and oxygen atoms in total. The summed E-state index contributed by atoms with van der Waals surface area (Å²) < 4.78 is 28.1. The molecule has 1 heterocycles. The van der Waals surface area contributed by atoms with E-state index in [0.717, 1.165) is 23.2 Å². The number of halogens is 1. The number of amides is 1. The second-order valence-electron chi connectivity index (χ2n) is 7.23. The molecule has 0 fully saturated rings. The summed E-state index contributed by atoms with van der Waals surface area (Å²) in [6.45, 7) is 2.14. The molecule has 0 radical (unpaired) electrons. The Morgan fingerprint density at radius 3 is 2.50 bits per heavy atom. The van der Waals surface area contributed by atoms with Crippen molar-refractivity contribution in [3.63, 3.8) is 0 Å². The van der Waals surface area contributed by atoms with Crippen LogP contribution in [0.15, 0.2) is 77.7 Å². The third-order valence-corrected chi connectivity index (χ3v) is 7.20. The Bertz CT molecular complexity index is 1190. The van der Waals surface area contributed by atoms with E-state index in [2.05, 4.69) is 0 Å². The predicted molar refractivity (Wildman–Crippen MR) is 120 cm³/mol. The molecule has 1 amide bonds. The maximum Gasteiger partial charge on any atom is 0.264 e. The minimum absolute atomic E-state index is 0.0861. The lowest BCUT2D eigenvalue weighted by Gasteiger charge is -2.27. The van der Waals surface area contributed by atoms with Crippen molar-refractivity contribution in [1.82, 2.24) is 0 Å². The number of carbonyl (C=O) groups is 1. The fraction of sp³-hybridized carbons (Fsp3) is 0.174. The van der Waals surface area contributed by atoms with Crippen molar-refractivity contribution in [3.8, 4) is 0 Å². The minimum atomic E-state index is -3.96.